The van der Waals surface area contributed by atoms with Gasteiger partial charge in [0.25, 0.3) is 0 Å². The van der Waals surface area contributed by atoms with Crippen molar-refractivity contribution in [2.75, 3.05) is 52.4 Å². The fraction of sp³-hybridized carbons (Fsp3) is 0.438. The van der Waals surface area contributed by atoms with Crippen molar-refractivity contribution >= 4 is 71.1 Å². The predicted octanol–water partition coefficient (Wildman–Crippen LogP) is -2.18. The van der Waals surface area contributed by atoms with Crippen LogP contribution in [0.25, 0.3) is 0 Å². The first kappa shape index (κ1) is 71.1. The van der Waals surface area contributed by atoms with Gasteiger partial charge in [0, 0.05) is 71.4 Å². The fourth-order valence-electron chi connectivity index (χ4n) is 10.9. The molecule has 2 aliphatic heterocycles. The number of nitrogens with one attached hydrogen (secondary N) is 6. The van der Waals surface area contributed by atoms with Gasteiger partial charge >= 0.3 is 5.97 Å². The van der Waals surface area contributed by atoms with Crippen LogP contribution in [0.5, 0.6) is 0 Å². The fourth-order valence-corrected chi connectivity index (χ4v) is 10.9. The molecule has 0 unspecified atom stereocenters. The lowest BCUT2D eigenvalue weighted by atomic mass is 10.0. The van der Waals surface area contributed by atoms with Crippen LogP contribution in [0.3, 0.4) is 0 Å². The average molecular weight is 1270 g/mol. The molecular weight excluding hydrogens is 1180 g/mol. The number of rotatable bonds is 28. The van der Waals surface area contributed by atoms with Gasteiger partial charge in [-0.05, 0) is 67.2 Å². The Hall–Kier alpha value is -9.96. The van der Waals surface area contributed by atoms with Gasteiger partial charge in [-0.25, -0.2) is 4.79 Å². The smallest absolute Gasteiger partial charge is 0.326 e. The van der Waals surface area contributed by atoms with Crippen LogP contribution in [0.2, 0.25) is 0 Å². The molecule has 4 aromatic carbocycles. The second kappa shape index (κ2) is 36.6. The standard InChI is InChI=1S/C64H86N16O12/c65-45(25-13-29-71-63(66)67)60(89)80-34-28-53(82)70-31-16-33-78(54(83)39-73-58(87)50-27-15-32-79(50)61(90)52(80)38-44-23-11-4-12-24-44)51(37-43-21-9-3-10-22-43)59(88)77-49(40-81)57(86)76-48(36-42-19-7-2-8-20-42)56(85)75-47(35-41-17-5-1-6-18-41)55(84)74-46(62(91)92)26-14-30-72-64(68)69/h1-12,17-24,45-52,81H,13-16,25-40,65H2,(H,70,82)(H,73,87)(H,74,84)(H,75,85)(H,76,86)(H,77,88)(H,91,92)(H4,66,67,71)(H4,68,69,72)/t45-,46-,47-,48+,49-,50-,51-,52-/m0/s1. The number of aliphatic hydroxyl groups is 1. The molecule has 494 valence electrons. The van der Waals surface area contributed by atoms with Gasteiger partial charge in [-0.3, -0.25) is 53.1 Å². The highest BCUT2D eigenvalue weighted by molar-refractivity contribution is 5.98. The molecule has 0 bridgehead atoms. The number of carboxylic acids is 1. The van der Waals surface area contributed by atoms with Crippen molar-refractivity contribution in [3.8, 4) is 0 Å². The highest BCUT2D eigenvalue weighted by Gasteiger charge is 2.42. The summed E-state index contributed by atoms with van der Waals surface area (Å²) in [5.41, 5.74) is 30.8. The van der Waals surface area contributed by atoms with Crippen LogP contribution in [0.1, 0.15) is 73.6 Å². The van der Waals surface area contributed by atoms with Gasteiger partial charge < -0.3 is 85.5 Å². The maximum Gasteiger partial charge on any atom is 0.326 e. The van der Waals surface area contributed by atoms with E-state index in [9.17, 15) is 53.4 Å². The van der Waals surface area contributed by atoms with Gasteiger partial charge in [0.05, 0.1) is 19.2 Å². The number of carboxylic acid groups (broad SMARTS) is 1. The van der Waals surface area contributed by atoms with Crippen molar-refractivity contribution in [2.24, 2.45) is 38.7 Å². The summed E-state index contributed by atoms with van der Waals surface area (Å²) in [4.78, 5) is 155. The Morgan fingerprint density at radius 2 is 1.08 bits per heavy atom. The first-order valence-electron chi connectivity index (χ1n) is 30.7. The second-order valence-electron chi connectivity index (χ2n) is 22.5. The Labute approximate surface area is 533 Å². The Morgan fingerprint density at radius 1 is 0.587 bits per heavy atom. The van der Waals surface area contributed by atoms with E-state index in [1.165, 1.54) is 14.7 Å². The largest absolute Gasteiger partial charge is 0.480 e. The highest BCUT2D eigenvalue weighted by Crippen LogP contribution is 2.24. The zero-order chi connectivity index (χ0) is 66.5. The number of amides is 9. The van der Waals surface area contributed by atoms with Crippen molar-refractivity contribution in [3.63, 3.8) is 0 Å². The van der Waals surface area contributed by atoms with E-state index in [0.717, 1.165) is 0 Å². The van der Waals surface area contributed by atoms with E-state index in [4.69, 9.17) is 28.7 Å². The molecule has 4 aromatic rings. The number of hydrogen-bond acceptors (Lipinski definition) is 14. The summed E-state index contributed by atoms with van der Waals surface area (Å²) in [5.74, 6) is -8.50. The van der Waals surface area contributed by atoms with Gasteiger partial charge in [-0.2, -0.15) is 0 Å². The number of fused-ring (bicyclic) bond motifs is 1. The van der Waals surface area contributed by atoms with Crippen molar-refractivity contribution in [1.29, 1.82) is 0 Å². The number of benzene rings is 4. The van der Waals surface area contributed by atoms with E-state index in [-0.39, 0.29) is 115 Å². The molecule has 0 radical (unpaired) electrons. The van der Waals surface area contributed by atoms with Gasteiger partial charge in [0.2, 0.25) is 53.2 Å². The molecule has 0 spiro atoms. The molecule has 0 saturated carbocycles. The number of hydrogen-bond donors (Lipinski definition) is 13. The molecule has 0 aliphatic carbocycles. The van der Waals surface area contributed by atoms with E-state index in [1.807, 2.05) is 0 Å². The minimum atomic E-state index is -1.77. The number of aliphatic imine (C=N–C) groups is 2. The zero-order valence-corrected chi connectivity index (χ0v) is 51.4. The van der Waals surface area contributed by atoms with Crippen LogP contribution >= 0.6 is 0 Å². The summed E-state index contributed by atoms with van der Waals surface area (Å²) in [6.07, 6.45) is 0.526. The molecule has 6 rings (SSSR count). The monoisotopic (exact) mass is 1270 g/mol. The van der Waals surface area contributed by atoms with Gasteiger partial charge in [-0.15, -0.1) is 0 Å². The molecule has 2 fully saturated rings. The third-order valence-corrected chi connectivity index (χ3v) is 15.7. The van der Waals surface area contributed by atoms with Crippen LogP contribution in [-0.2, 0) is 73.6 Å². The summed E-state index contributed by atoms with van der Waals surface area (Å²) in [5, 5.41) is 36.9. The number of aliphatic hydroxyl groups excluding tert-OH is 1. The number of guanidine groups is 2. The third-order valence-electron chi connectivity index (χ3n) is 15.7. The summed E-state index contributed by atoms with van der Waals surface area (Å²) in [6, 6.07) is 23.7. The van der Waals surface area contributed by atoms with E-state index in [2.05, 4.69) is 41.9 Å². The van der Waals surface area contributed by atoms with Crippen molar-refractivity contribution in [1.82, 2.24) is 46.6 Å². The molecule has 2 saturated heterocycles. The highest BCUT2D eigenvalue weighted by atomic mass is 16.4. The van der Waals surface area contributed by atoms with Crippen molar-refractivity contribution in [3.05, 3.63) is 144 Å². The summed E-state index contributed by atoms with van der Waals surface area (Å²) in [7, 11) is 0. The average Bonchev–Trinajstić information content (AvgIpc) is 1.51. The third kappa shape index (κ3) is 22.5. The van der Waals surface area contributed by atoms with Crippen molar-refractivity contribution < 1.29 is 58.2 Å². The van der Waals surface area contributed by atoms with Crippen molar-refractivity contribution in [2.45, 2.75) is 125 Å². The van der Waals surface area contributed by atoms with E-state index >= 15 is 4.79 Å². The lowest BCUT2D eigenvalue weighted by molar-refractivity contribution is -0.149. The maximum atomic E-state index is 15.0. The summed E-state index contributed by atoms with van der Waals surface area (Å²) in [6.45, 7) is -1.79. The van der Waals surface area contributed by atoms with Crippen LogP contribution in [0.15, 0.2) is 131 Å². The summed E-state index contributed by atoms with van der Waals surface area (Å²) < 4.78 is 0. The molecule has 28 nitrogen and oxygen atoms in total. The van der Waals surface area contributed by atoms with Gasteiger partial charge in [-0.1, -0.05) is 121 Å². The molecule has 92 heavy (non-hydrogen) atoms. The van der Waals surface area contributed by atoms with E-state index in [0.29, 0.717) is 35.1 Å². The normalized spacial score (nSPS) is 17.7. The van der Waals surface area contributed by atoms with Gasteiger partial charge in [0.1, 0.15) is 42.3 Å². The quantitative estimate of drug-likeness (QED) is 0.0163. The molecule has 8 atom stereocenters. The second-order valence-corrected chi connectivity index (χ2v) is 22.5. The Balaban J connectivity index is 1.26. The Kier molecular flexibility index (Phi) is 28.3. The number of aliphatic carboxylic acids is 1. The molecular formula is C64H86N16O12. The number of carbonyl (C=O) groups is 10. The van der Waals surface area contributed by atoms with E-state index < -0.39 is 121 Å². The summed E-state index contributed by atoms with van der Waals surface area (Å²) >= 11 is 0. The minimum absolute atomic E-state index is 0.0125. The lowest BCUT2D eigenvalue weighted by Crippen LogP contribution is -2.61. The van der Waals surface area contributed by atoms with E-state index in [1.54, 1.807) is 121 Å². The van der Waals surface area contributed by atoms with Crippen LogP contribution in [-0.4, -0.2) is 197 Å². The first-order valence-corrected chi connectivity index (χ1v) is 30.7. The maximum absolute atomic E-state index is 15.0. The van der Waals surface area contributed by atoms with Crippen LogP contribution in [0, 0.1) is 0 Å². The molecule has 0 aromatic heterocycles. The Morgan fingerprint density at radius 3 is 1.60 bits per heavy atom. The number of nitrogens with two attached hydrogens (primary N) is 5. The molecule has 18 N–H and O–H groups in total. The first-order chi connectivity index (χ1) is 44.2. The predicted molar refractivity (Wildman–Crippen MR) is 342 cm³/mol. The lowest BCUT2D eigenvalue weighted by Gasteiger charge is -2.36. The molecule has 28 heteroatoms. The topological polar surface area (TPSA) is 448 Å². The molecule has 2 aliphatic rings. The van der Waals surface area contributed by atoms with Crippen LogP contribution < -0.4 is 60.6 Å². The SMILES string of the molecule is NC(N)=NCCC[C@H](NC(=O)[C@H](Cc1ccccc1)NC(=O)[C@@H](Cc1ccccc1)NC(=O)[C@H](CO)NC(=O)[C@H](Cc1ccccc1)N1CCCNC(=O)CCN(C(=O)[C@@H](N)CCCN=C(N)N)[C@@H](Cc2ccccc2)C(=O)N2CCC[C@H]2C(=O)NCC1=O)C(=O)O. The molecule has 9 amide bonds. The molecule has 2 heterocycles. The van der Waals surface area contributed by atoms with Gasteiger partial charge in [0.15, 0.2) is 11.9 Å². The van der Waals surface area contributed by atoms with Crippen LogP contribution in [0.4, 0.5) is 0 Å². The zero-order valence-electron chi connectivity index (χ0n) is 51.4. The minimum Gasteiger partial charge on any atom is -0.480 e. The Bertz CT molecular complexity index is 3170. The number of carbonyl (C=O) groups excluding carboxylic acids is 9. The number of nitrogens with zero attached hydrogens (tertiary/aromatic N) is 5.